The molecule has 0 radical (unpaired) electrons. The Hall–Kier alpha value is -0.970. The van der Waals surface area contributed by atoms with E-state index in [2.05, 4.69) is 11.8 Å². The van der Waals surface area contributed by atoms with Crippen LogP contribution in [-0.4, -0.2) is 5.88 Å². The smallest absolute Gasteiger partial charge is 0.0333 e. The van der Waals surface area contributed by atoms with Crippen LogP contribution in [0.2, 0.25) is 0 Å². The first kappa shape index (κ1) is 10.1. The predicted octanol–water partition coefficient (Wildman–Crippen LogP) is 2.13. The van der Waals surface area contributed by atoms with Crippen LogP contribution in [0.3, 0.4) is 0 Å². The van der Waals surface area contributed by atoms with Gasteiger partial charge in [-0.05, 0) is 11.6 Å². The third kappa shape index (κ3) is 3.10. The van der Waals surface area contributed by atoms with E-state index in [4.69, 9.17) is 17.3 Å². The van der Waals surface area contributed by atoms with E-state index in [1.807, 2.05) is 24.3 Å². The first-order valence-electron chi connectivity index (χ1n) is 4.21. The Morgan fingerprint density at radius 3 is 2.77 bits per heavy atom. The molecule has 13 heavy (non-hydrogen) atoms. The number of nitrogens with two attached hydrogens (primary N) is 1. The molecule has 2 heteroatoms. The lowest BCUT2D eigenvalue weighted by Gasteiger charge is -1.98. The van der Waals surface area contributed by atoms with Gasteiger partial charge in [-0.15, -0.1) is 11.6 Å². The molecule has 0 saturated heterocycles. The van der Waals surface area contributed by atoms with Gasteiger partial charge in [0.15, 0.2) is 0 Å². The molecule has 2 N–H and O–H groups in total. The Morgan fingerprint density at radius 2 is 2.08 bits per heavy atom. The van der Waals surface area contributed by atoms with Crippen LogP contribution in [-0.2, 0) is 6.54 Å². The number of halogens is 1. The van der Waals surface area contributed by atoms with Crippen molar-refractivity contribution in [3.63, 3.8) is 0 Å². The van der Waals surface area contributed by atoms with E-state index in [0.29, 0.717) is 12.4 Å². The molecule has 68 valence electrons. The van der Waals surface area contributed by atoms with Crippen LogP contribution in [0.1, 0.15) is 17.5 Å². The van der Waals surface area contributed by atoms with Crippen molar-refractivity contribution in [1.29, 1.82) is 0 Å². The van der Waals surface area contributed by atoms with Gasteiger partial charge in [-0.25, -0.2) is 0 Å². The third-order valence-electron chi connectivity index (χ3n) is 1.68. The second kappa shape index (κ2) is 5.64. The normalized spacial score (nSPS) is 9.08. The maximum absolute atomic E-state index is 5.56. The van der Waals surface area contributed by atoms with Crippen molar-refractivity contribution in [2.45, 2.75) is 13.0 Å². The first-order chi connectivity index (χ1) is 6.38. The van der Waals surface area contributed by atoms with Crippen molar-refractivity contribution in [1.82, 2.24) is 0 Å². The second-order valence-electron chi connectivity index (χ2n) is 2.60. The largest absolute Gasteiger partial charge is 0.326 e. The minimum absolute atomic E-state index is 0.533. The van der Waals surface area contributed by atoms with Crippen molar-refractivity contribution in [2.75, 3.05) is 5.88 Å². The van der Waals surface area contributed by atoms with Gasteiger partial charge in [0.1, 0.15) is 0 Å². The van der Waals surface area contributed by atoms with Crippen molar-refractivity contribution in [3.05, 3.63) is 35.4 Å². The van der Waals surface area contributed by atoms with Gasteiger partial charge < -0.3 is 5.73 Å². The third-order valence-corrected chi connectivity index (χ3v) is 1.87. The van der Waals surface area contributed by atoms with Crippen molar-refractivity contribution in [3.8, 4) is 11.8 Å². The Bertz CT molecular complexity index is 322. The number of hydrogen-bond acceptors (Lipinski definition) is 1. The monoisotopic (exact) mass is 193 g/mol. The van der Waals surface area contributed by atoms with Crippen LogP contribution in [0.15, 0.2) is 24.3 Å². The van der Waals surface area contributed by atoms with E-state index >= 15 is 0 Å². The summed E-state index contributed by atoms with van der Waals surface area (Å²) in [6.45, 7) is 0.533. The molecule has 1 nitrogen and oxygen atoms in total. The van der Waals surface area contributed by atoms with Crippen LogP contribution >= 0.6 is 11.6 Å². The van der Waals surface area contributed by atoms with Crippen LogP contribution < -0.4 is 5.73 Å². The van der Waals surface area contributed by atoms with Gasteiger partial charge in [-0.3, -0.25) is 0 Å². The lowest BCUT2D eigenvalue weighted by Crippen LogP contribution is -1.98. The van der Waals surface area contributed by atoms with Crippen molar-refractivity contribution < 1.29 is 0 Å². The summed E-state index contributed by atoms with van der Waals surface area (Å²) in [6, 6.07) is 7.90. The summed E-state index contributed by atoms with van der Waals surface area (Å²) in [5, 5.41) is 0. The van der Waals surface area contributed by atoms with Gasteiger partial charge in [-0.1, -0.05) is 30.0 Å². The van der Waals surface area contributed by atoms with Crippen LogP contribution in [0.4, 0.5) is 0 Å². The zero-order chi connectivity index (χ0) is 9.52. The summed E-state index contributed by atoms with van der Waals surface area (Å²) >= 11 is 5.51. The van der Waals surface area contributed by atoms with Gasteiger partial charge in [-0.2, -0.15) is 0 Å². The fourth-order valence-corrected chi connectivity index (χ4v) is 1.12. The topological polar surface area (TPSA) is 26.0 Å². The van der Waals surface area contributed by atoms with E-state index < -0.39 is 0 Å². The maximum atomic E-state index is 5.56. The molecular weight excluding hydrogens is 182 g/mol. The fraction of sp³-hybridized carbons (Fsp3) is 0.273. The van der Waals surface area contributed by atoms with Gasteiger partial charge in [0.05, 0.1) is 0 Å². The van der Waals surface area contributed by atoms with Gasteiger partial charge >= 0.3 is 0 Å². The SMILES string of the molecule is NCc1ccccc1C#CCCCl. The van der Waals surface area contributed by atoms with Gasteiger partial charge in [0, 0.05) is 24.4 Å². The Balaban J connectivity index is 2.82. The van der Waals surface area contributed by atoms with E-state index in [9.17, 15) is 0 Å². The summed E-state index contributed by atoms with van der Waals surface area (Å²) in [4.78, 5) is 0. The Morgan fingerprint density at radius 1 is 1.31 bits per heavy atom. The average Bonchev–Trinajstić information content (AvgIpc) is 2.19. The van der Waals surface area contributed by atoms with Gasteiger partial charge in [0.2, 0.25) is 0 Å². The van der Waals surface area contributed by atoms with E-state index in [0.717, 1.165) is 17.5 Å². The van der Waals surface area contributed by atoms with Crippen LogP contribution in [0.25, 0.3) is 0 Å². The molecular formula is C11H12ClN. The zero-order valence-electron chi connectivity index (χ0n) is 7.39. The molecule has 0 atom stereocenters. The highest BCUT2D eigenvalue weighted by atomic mass is 35.5. The van der Waals surface area contributed by atoms with E-state index in [-0.39, 0.29) is 0 Å². The first-order valence-corrected chi connectivity index (χ1v) is 4.74. The summed E-state index contributed by atoms with van der Waals surface area (Å²) in [5.41, 5.74) is 7.66. The summed E-state index contributed by atoms with van der Waals surface area (Å²) in [7, 11) is 0. The predicted molar refractivity (Wildman–Crippen MR) is 56.5 cm³/mol. The Kier molecular flexibility index (Phi) is 4.39. The van der Waals surface area contributed by atoms with Crippen molar-refractivity contribution in [2.24, 2.45) is 5.73 Å². The molecule has 0 heterocycles. The number of rotatable bonds is 2. The Labute approximate surface area is 83.9 Å². The molecule has 0 spiro atoms. The van der Waals surface area contributed by atoms with Gasteiger partial charge in [0.25, 0.3) is 0 Å². The minimum atomic E-state index is 0.533. The van der Waals surface area contributed by atoms with Crippen LogP contribution in [0, 0.1) is 11.8 Å². The lowest BCUT2D eigenvalue weighted by atomic mass is 10.1. The highest BCUT2D eigenvalue weighted by Gasteiger charge is 1.93. The van der Waals surface area contributed by atoms with Crippen molar-refractivity contribution >= 4 is 11.6 Å². The standard InChI is InChI=1S/C11H12ClN/c12-8-4-3-6-10-5-1-2-7-11(10)9-13/h1-2,5,7H,4,8-9,13H2. The quantitative estimate of drug-likeness (QED) is 0.565. The number of alkyl halides is 1. The molecule has 0 aliphatic rings. The molecule has 0 fully saturated rings. The molecule has 0 aliphatic carbocycles. The lowest BCUT2D eigenvalue weighted by molar-refractivity contribution is 1.06. The molecule has 0 unspecified atom stereocenters. The minimum Gasteiger partial charge on any atom is -0.326 e. The molecule has 0 aliphatic heterocycles. The molecule has 1 aromatic carbocycles. The van der Waals surface area contributed by atoms with Crippen LogP contribution in [0.5, 0.6) is 0 Å². The summed E-state index contributed by atoms with van der Waals surface area (Å²) in [6.07, 6.45) is 0.723. The highest BCUT2D eigenvalue weighted by Crippen LogP contribution is 2.05. The zero-order valence-corrected chi connectivity index (χ0v) is 8.14. The maximum Gasteiger partial charge on any atom is 0.0333 e. The summed E-state index contributed by atoms with van der Waals surface area (Å²) in [5.74, 6) is 6.62. The fourth-order valence-electron chi connectivity index (χ4n) is 1.03. The highest BCUT2D eigenvalue weighted by molar-refractivity contribution is 6.18. The molecule has 0 bridgehead atoms. The molecule has 1 rings (SSSR count). The molecule has 0 aromatic heterocycles. The number of hydrogen-bond donors (Lipinski definition) is 1. The second-order valence-corrected chi connectivity index (χ2v) is 2.98. The molecule has 0 saturated carbocycles. The number of benzene rings is 1. The summed E-state index contributed by atoms with van der Waals surface area (Å²) < 4.78 is 0. The van der Waals surface area contributed by atoms with E-state index in [1.54, 1.807) is 0 Å². The van der Waals surface area contributed by atoms with E-state index in [1.165, 1.54) is 0 Å². The molecule has 0 amide bonds. The average molecular weight is 194 g/mol. The molecule has 1 aromatic rings.